The number of nitriles is 1. The molecule has 6 nitrogen and oxygen atoms in total. The number of aromatic nitrogens is 1. The summed E-state index contributed by atoms with van der Waals surface area (Å²) < 4.78 is 7.54. The monoisotopic (exact) mass is 412 g/mol. The van der Waals surface area contributed by atoms with Gasteiger partial charge >= 0.3 is 0 Å². The normalized spacial score (nSPS) is 15.8. The zero-order valence-electron chi connectivity index (χ0n) is 16.9. The number of benzene rings is 1. The fraction of sp³-hybridized carbons (Fsp3) is 0.364. The molecule has 152 valence electrons. The molecule has 1 aliphatic heterocycles. The minimum atomic E-state index is -0.615. The standard InChI is InChI=1S/C22H25ClN4O2/c1-4-6-16-12-18-20(22(28)27(16)10-9-26(2)3)19(17(13-24)21(25)29-18)14-7-5-8-15(23)11-14/h5,7-8,11-12,19H,4,6,9-10,25H2,1-3H3. The molecule has 7 heteroatoms. The molecule has 0 fully saturated rings. The molecule has 1 aliphatic rings. The van der Waals surface area contributed by atoms with Crippen molar-refractivity contribution in [1.29, 1.82) is 5.26 Å². The van der Waals surface area contributed by atoms with Gasteiger partial charge in [0.2, 0.25) is 5.88 Å². The molecular formula is C22H25ClN4O2. The second kappa shape index (κ2) is 8.73. The van der Waals surface area contributed by atoms with Crippen LogP contribution in [-0.4, -0.2) is 30.1 Å². The first-order valence-electron chi connectivity index (χ1n) is 9.61. The number of ether oxygens (including phenoxy) is 1. The van der Waals surface area contributed by atoms with Crippen LogP contribution in [0.3, 0.4) is 0 Å². The Morgan fingerprint density at radius 1 is 1.34 bits per heavy atom. The van der Waals surface area contributed by atoms with Crippen molar-refractivity contribution in [3.63, 3.8) is 0 Å². The van der Waals surface area contributed by atoms with Gasteiger partial charge in [0.05, 0.1) is 11.5 Å². The first kappa shape index (κ1) is 21.0. The predicted molar refractivity (Wildman–Crippen MR) is 114 cm³/mol. The van der Waals surface area contributed by atoms with E-state index in [0.29, 0.717) is 22.9 Å². The summed E-state index contributed by atoms with van der Waals surface area (Å²) in [6.45, 7) is 3.34. The summed E-state index contributed by atoms with van der Waals surface area (Å²) in [6, 6.07) is 11.2. The highest BCUT2D eigenvalue weighted by Crippen LogP contribution is 2.41. The van der Waals surface area contributed by atoms with E-state index in [1.807, 2.05) is 31.1 Å². The van der Waals surface area contributed by atoms with E-state index in [-0.39, 0.29) is 17.0 Å². The van der Waals surface area contributed by atoms with E-state index in [4.69, 9.17) is 22.1 Å². The van der Waals surface area contributed by atoms with Crippen molar-refractivity contribution < 1.29 is 4.74 Å². The number of allylic oxidation sites excluding steroid dienone is 1. The van der Waals surface area contributed by atoms with Gasteiger partial charge in [0.1, 0.15) is 17.4 Å². The van der Waals surface area contributed by atoms with Gasteiger partial charge in [-0.3, -0.25) is 4.79 Å². The minimum absolute atomic E-state index is 0.0258. The van der Waals surface area contributed by atoms with Gasteiger partial charge < -0.3 is 19.9 Å². The second-order valence-electron chi connectivity index (χ2n) is 7.40. The predicted octanol–water partition coefficient (Wildman–Crippen LogP) is 3.23. The van der Waals surface area contributed by atoms with Crippen LogP contribution in [0.4, 0.5) is 0 Å². The third-order valence-electron chi connectivity index (χ3n) is 5.03. The SMILES string of the molecule is CCCc1cc2c(c(=O)n1CCN(C)C)C(c1cccc(Cl)c1)C(C#N)=C(N)O2. The molecule has 1 unspecified atom stereocenters. The number of nitrogens with zero attached hydrogens (tertiary/aromatic N) is 3. The van der Waals surface area contributed by atoms with Crippen molar-refractivity contribution in [3.8, 4) is 11.8 Å². The summed E-state index contributed by atoms with van der Waals surface area (Å²) in [5.74, 6) is -0.171. The van der Waals surface area contributed by atoms with Gasteiger partial charge in [-0.05, 0) is 38.2 Å². The zero-order chi connectivity index (χ0) is 21.1. The van der Waals surface area contributed by atoms with E-state index in [2.05, 4.69) is 13.0 Å². The third kappa shape index (κ3) is 4.16. The van der Waals surface area contributed by atoms with Gasteiger partial charge in [0.25, 0.3) is 5.56 Å². The highest BCUT2D eigenvalue weighted by atomic mass is 35.5. The van der Waals surface area contributed by atoms with Crippen molar-refractivity contribution >= 4 is 11.6 Å². The van der Waals surface area contributed by atoms with Crippen LogP contribution < -0.4 is 16.0 Å². The molecule has 1 aromatic carbocycles. The summed E-state index contributed by atoms with van der Waals surface area (Å²) in [4.78, 5) is 15.7. The summed E-state index contributed by atoms with van der Waals surface area (Å²) >= 11 is 6.19. The molecule has 0 bridgehead atoms. The molecule has 0 spiro atoms. The molecule has 2 aromatic rings. The van der Waals surface area contributed by atoms with Crippen LogP contribution >= 0.6 is 11.6 Å². The fourth-order valence-electron chi connectivity index (χ4n) is 3.65. The Kier molecular flexibility index (Phi) is 6.31. The maximum absolute atomic E-state index is 13.6. The maximum atomic E-state index is 13.6. The minimum Gasteiger partial charge on any atom is -0.440 e. The largest absolute Gasteiger partial charge is 0.440 e. The van der Waals surface area contributed by atoms with Gasteiger partial charge in [0.15, 0.2) is 0 Å². The van der Waals surface area contributed by atoms with E-state index in [9.17, 15) is 10.1 Å². The molecule has 1 aromatic heterocycles. The van der Waals surface area contributed by atoms with Crippen LogP contribution in [0.2, 0.25) is 5.02 Å². The van der Waals surface area contributed by atoms with Gasteiger partial charge in [-0.1, -0.05) is 37.1 Å². The van der Waals surface area contributed by atoms with E-state index in [0.717, 1.165) is 30.6 Å². The van der Waals surface area contributed by atoms with Crippen LogP contribution in [0.25, 0.3) is 0 Å². The number of pyridine rings is 1. The average Bonchev–Trinajstić information content (AvgIpc) is 2.66. The Balaban J connectivity index is 2.26. The molecule has 3 rings (SSSR count). The Hall–Kier alpha value is -2.75. The molecule has 29 heavy (non-hydrogen) atoms. The van der Waals surface area contributed by atoms with Crippen molar-refractivity contribution in [2.24, 2.45) is 5.73 Å². The Morgan fingerprint density at radius 3 is 2.72 bits per heavy atom. The number of aryl methyl sites for hydroxylation is 1. The first-order valence-corrected chi connectivity index (χ1v) is 9.99. The number of hydrogen-bond donors (Lipinski definition) is 1. The quantitative estimate of drug-likeness (QED) is 0.787. The highest BCUT2D eigenvalue weighted by molar-refractivity contribution is 6.30. The number of hydrogen-bond acceptors (Lipinski definition) is 5. The number of rotatable bonds is 6. The fourth-order valence-corrected chi connectivity index (χ4v) is 3.84. The zero-order valence-corrected chi connectivity index (χ0v) is 17.7. The summed E-state index contributed by atoms with van der Waals surface area (Å²) in [5.41, 5.74) is 8.20. The maximum Gasteiger partial charge on any atom is 0.258 e. The lowest BCUT2D eigenvalue weighted by Crippen LogP contribution is -2.35. The van der Waals surface area contributed by atoms with Gasteiger partial charge in [0, 0.05) is 29.9 Å². The first-order chi connectivity index (χ1) is 13.9. The van der Waals surface area contributed by atoms with Crippen molar-refractivity contribution in [1.82, 2.24) is 9.47 Å². The molecule has 0 radical (unpaired) electrons. The molecule has 0 saturated heterocycles. The van der Waals surface area contributed by atoms with Gasteiger partial charge in [-0.2, -0.15) is 5.26 Å². The number of nitrogens with two attached hydrogens (primary N) is 1. The summed E-state index contributed by atoms with van der Waals surface area (Å²) in [5, 5.41) is 10.3. The molecule has 0 amide bonds. The Bertz CT molecular complexity index is 1050. The molecule has 0 aliphatic carbocycles. The highest BCUT2D eigenvalue weighted by Gasteiger charge is 2.34. The van der Waals surface area contributed by atoms with E-state index in [1.165, 1.54) is 0 Å². The lowest BCUT2D eigenvalue weighted by molar-refractivity contribution is 0.367. The van der Waals surface area contributed by atoms with Crippen LogP contribution in [0.15, 0.2) is 46.6 Å². The molecular weight excluding hydrogens is 388 g/mol. The van der Waals surface area contributed by atoms with Crippen LogP contribution in [0.5, 0.6) is 5.75 Å². The molecule has 2 N–H and O–H groups in total. The van der Waals surface area contributed by atoms with Gasteiger partial charge in [-0.15, -0.1) is 0 Å². The van der Waals surface area contributed by atoms with Crippen molar-refractivity contribution in [3.05, 3.63) is 74.0 Å². The van der Waals surface area contributed by atoms with E-state index < -0.39 is 5.92 Å². The molecule has 0 saturated carbocycles. The lowest BCUT2D eigenvalue weighted by atomic mass is 9.84. The van der Waals surface area contributed by atoms with E-state index in [1.54, 1.807) is 22.8 Å². The van der Waals surface area contributed by atoms with Crippen LogP contribution in [-0.2, 0) is 13.0 Å². The summed E-state index contributed by atoms with van der Waals surface area (Å²) in [6.07, 6.45) is 1.64. The number of fused-ring (bicyclic) bond motifs is 1. The Labute approximate surface area is 175 Å². The Morgan fingerprint density at radius 2 is 2.10 bits per heavy atom. The molecule has 2 heterocycles. The number of likely N-dealkylation sites (N-methyl/N-ethyl adjacent to an activating group) is 1. The lowest BCUT2D eigenvalue weighted by Gasteiger charge is -2.28. The van der Waals surface area contributed by atoms with Crippen molar-refractivity contribution in [2.75, 3.05) is 20.6 Å². The second-order valence-corrected chi connectivity index (χ2v) is 7.84. The number of halogens is 1. The topological polar surface area (TPSA) is 84.3 Å². The van der Waals surface area contributed by atoms with Crippen LogP contribution in [0.1, 0.15) is 36.1 Å². The van der Waals surface area contributed by atoms with Gasteiger partial charge in [-0.25, -0.2) is 0 Å². The molecule has 1 atom stereocenters. The van der Waals surface area contributed by atoms with Crippen molar-refractivity contribution in [2.45, 2.75) is 32.2 Å². The summed E-state index contributed by atoms with van der Waals surface area (Å²) in [7, 11) is 3.94. The van der Waals surface area contributed by atoms with E-state index >= 15 is 0 Å². The smallest absolute Gasteiger partial charge is 0.258 e. The average molecular weight is 413 g/mol. The van der Waals surface area contributed by atoms with Crippen LogP contribution in [0, 0.1) is 11.3 Å². The third-order valence-corrected chi connectivity index (χ3v) is 5.26.